The minimum Gasteiger partial charge on any atom is -0.391 e. The van der Waals surface area contributed by atoms with Crippen molar-refractivity contribution in [3.63, 3.8) is 0 Å². The fraction of sp³-hybridized carbons (Fsp3) is 0.226. The lowest BCUT2D eigenvalue weighted by Crippen LogP contribution is -2.41. The Hall–Kier alpha value is -3.24. The SMILES string of the molecule is NC(c1ccccc1)[C@@H](O)C[C@H](Cc1ccccc1)N(Cc1ccccc1)Cc1ccccc1. The van der Waals surface area contributed by atoms with Crippen molar-refractivity contribution in [3.05, 3.63) is 144 Å². The van der Waals surface area contributed by atoms with Crippen LogP contribution >= 0.6 is 0 Å². The molecule has 3 N–H and O–H groups in total. The molecular formula is C31H34N2O. The Morgan fingerprint density at radius 2 is 1.00 bits per heavy atom. The van der Waals surface area contributed by atoms with Gasteiger partial charge in [0.2, 0.25) is 0 Å². The Labute approximate surface area is 203 Å². The fourth-order valence-electron chi connectivity index (χ4n) is 4.52. The van der Waals surface area contributed by atoms with Crippen LogP contribution in [-0.2, 0) is 19.5 Å². The van der Waals surface area contributed by atoms with Crippen molar-refractivity contribution in [1.29, 1.82) is 0 Å². The first kappa shape index (κ1) is 23.9. The van der Waals surface area contributed by atoms with Crippen LogP contribution in [0.3, 0.4) is 0 Å². The molecule has 174 valence electrons. The van der Waals surface area contributed by atoms with Crippen molar-refractivity contribution in [2.45, 2.75) is 44.1 Å². The first-order valence-electron chi connectivity index (χ1n) is 12.0. The summed E-state index contributed by atoms with van der Waals surface area (Å²) in [6.07, 6.45) is 0.786. The third-order valence-corrected chi connectivity index (χ3v) is 6.40. The minimum atomic E-state index is -0.648. The summed E-state index contributed by atoms with van der Waals surface area (Å²) in [6, 6.07) is 41.3. The van der Waals surface area contributed by atoms with E-state index >= 15 is 0 Å². The molecule has 0 aliphatic heterocycles. The number of hydrogen-bond donors (Lipinski definition) is 2. The van der Waals surface area contributed by atoms with Crippen LogP contribution in [0.25, 0.3) is 0 Å². The van der Waals surface area contributed by atoms with Crippen molar-refractivity contribution in [2.75, 3.05) is 0 Å². The zero-order valence-corrected chi connectivity index (χ0v) is 19.6. The van der Waals surface area contributed by atoms with E-state index < -0.39 is 12.1 Å². The highest BCUT2D eigenvalue weighted by molar-refractivity contribution is 5.22. The molecule has 3 nitrogen and oxygen atoms in total. The van der Waals surface area contributed by atoms with Crippen LogP contribution < -0.4 is 5.73 Å². The van der Waals surface area contributed by atoms with Crippen LogP contribution in [0.15, 0.2) is 121 Å². The third-order valence-electron chi connectivity index (χ3n) is 6.40. The van der Waals surface area contributed by atoms with Gasteiger partial charge in [-0.05, 0) is 35.1 Å². The standard InChI is InChI=1S/C31H34N2O/c32-31(28-19-11-4-12-20-28)30(34)22-29(21-25-13-5-1-6-14-25)33(23-26-15-7-2-8-16-26)24-27-17-9-3-10-18-27/h1-20,29-31,34H,21-24,32H2/t29-,30-,31?/m0/s1. The summed E-state index contributed by atoms with van der Waals surface area (Å²) >= 11 is 0. The summed E-state index contributed by atoms with van der Waals surface area (Å²) in [5, 5.41) is 11.2. The summed E-state index contributed by atoms with van der Waals surface area (Å²) < 4.78 is 0. The summed E-state index contributed by atoms with van der Waals surface area (Å²) in [5.74, 6) is 0. The van der Waals surface area contributed by atoms with Gasteiger partial charge in [-0.25, -0.2) is 0 Å². The van der Waals surface area contributed by atoms with Crippen molar-refractivity contribution >= 4 is 0 Å². The number of nitrogens with two attached hydrogens (primary N) is 1. The molecule has 0 amide bonds. The summed E-state index contributed by atoms with van der Waals surface area (Å²) in [6.45, 7) is 1.61. The van der Waals surface area contributed by atoms with E-state index in [0.717, 1.165) is 25.1 Å². The van der Waals surface area contributed by atoms with Gasteiger partial charge in [-0.3, -0.25) is 4.90 Å². The fourth-order valence-corrected chi connectivity index (χ4v) is 4.52. The van der Waals surface area contributed by atoms with Gasteiger partial charge >= 0.3 is 0 Å². The maximum Gasteiger partial charge on any atom is 0.0747 e. The largest absolute Gasteiger partial charge is 0.391 e. The van der Waals surface area contributed by atoms with E-state index in [1.807, 2.05) is 36.4 Å². The Morgan fingerprint density at radius 1 is 0.588 bits per heavy atom. The lowest BCUT2D eigenvalue weighted by molar-refractivity contribution is 0.0757. The predicted molar refractivity (Wildman–Crippen MR) is 140 cm³/mol. The maximum atomic E-state index is 11.2. The Kier molecular flexibility index (Phi) is 8.64. The molecule has 0 aromatic heterocycles. The highest BCUT2D eigenvalue weighted by atomic mass is 16.3. The van der Waals surface area contributed by atoms with Gasteiger partial charge in [-0.15, -0.1) is 0 Å². The summed E-state index contributed by atoms with van der Waals surface area (Å²) in [5.41, 5.74) is 11.3. The van der Waals surface area contributed by atoms with Crippen LogP contribution in [0.1, 0.15) is 34.7 Å². The van der Waals surface area contributed by atoms with Crippen molar-refractivity contribution in [1.82, 2.24) is 4.90 Å². The van der Waals surface area contributed by atoms with Crippen LogP contribution in [-0.4, -0.2) is 22.2 Å². The molecule has 0 saturated carbocycles. The highest BCUT2D eigenvalue weighted by Gasteiger charge is 2.26. The van der Waals surface area contributed by atoms with Gasteiger partial charge in [0.25, 0.3) is 0 Å². The van der Waals surface area contributed by atoms with Crippen LogP contribution in [0, 0.1) is 0 Å². The molecular weight excluding hydrogens is 416 g/mol. The second-order valence-corrected chi connectivity index (χ2v) is 8.96. The first-order chi connectivity index (χ1) is 16.7. The Bertz CT molecular complexity index is 1050. The molecule has 0 spiro atoms. The van der Waals surface area contributed by atoms with E-state index in [1.54, 1.807) is 0 Å². The summed E-state index contributed by atoms with van der Waals surface area (Å²) in [4.78, 5) is 2.48. The van der Waals surface area contributed by atoms with Crippen LogP contribution in [0.4, 0.5) is 0 Å². The molecule has 0 fully saturated rings. The average molecular weight is 451 g/mol. The molecule has 0 aliphatic carbocycles. The highest BCUT2D eigenvalue weighted by Crippen LogP contribution is 2.24. The second-order valence-electron chi connectivity index (χ2n) is 8.96. The van der Waals surface area contributed by atoms with E-state index in [0.29, 0.717) is 6.42 Å². The number of aliphatic hydroxyl groups is 1. The van der Waals surface area contributed by atoms with Gasteiger partial charge in [0.1, 0.15) is 0 Å². The molecule has 0 aliphatic rings. The molecule has 1 unspecified atom stereocenters. The van der Waals surface area contributed by atoms with E-state index in [4.69, 9.17) is 5.73 Å². The van der Waals surface area contributed by atoms with E-state index in [2.05, 4.69) is 89.8 Å². The molecule has 0 bridgehead atoms. The maximum absolute atomic E-state index is 11.2. The van der Waals surface area contributed by atoms with Gasteiger partial charge < -0.3 is 10.8 Å². The molecule has 4 rings (SSSR count). The zero-order valence-electron chi connectivity index (χ0n) is 19.6. The molecule has 4 aromatic rings. The van der Waals surface area contributed by atoms with Gasteiger partial charge in [-0.2, -0.15) is 0 Å². The van der Waals surface area contributed by atoms with Crippen molar-refractivity contribution in [3.8, 4) is 0 Å². The van der Waals surface area contributed by atoms with Crippen LogP contribution in [0.5, 0.6) is 0 Å². The van der Waals surface area contributed by atoms with Gasteiger partial charge in [0, 0.05) is 19.1 Å². The molecule has 0 saturated heterocycles. The van der Waals surface area contributed by atoms with E-state index in [-0.39, 0.29) is 6.04 Å². The number of nitrogens with zero attached hydrogens (tertiary/aromatic N) is 1. The molecule has 34 heavy (non-hydrogen) atoms. The Balaban J connectivity index is 1.62. The van der Waals surface area contributed by atoms with E-state index in [1.165, 1.54) is 16.7 Å². The number of hydrogen-bond acceptors (Lipinski definition) is 3. The normalized spacial score (nSPS) is 14.0. The monoisotopic (exact) mass is 450 g/mol. The molecule has 4 aromatic carbocycles. The topological polar surface area (TPSA) is 49.5 Å². The summed E-state index contributed by atoms with van der Waals surface area (Å²) in [7, 11) is 0. The van der Waals surface area contributed by atoms with Crippen molar-refractivity contribution in [2.24, 2.45) is 5.73 Å². The lowest BCUT2D eigenvalue weighted by atomic mass is 9.92. The number of benzene rings is 4. The zero-order chi connectivity index (χ0) is 23.6. The smallest absolute Gasteiger partial charge is 0.0747 e. The molecule has 0 heterocycles. The van der Waals surface area contributed by atoms with Crippen LogP contribution in [0.2, 0.25) is 0 Å². The van der Waals surface area contributed by atoms with Crippen molar-refractivity contribution < 1.29 is 5.11 Å². The number of rotatable bonds is 11. The minimum absolute atomic E-state index is 0.118. The number of aliphatic hydroxyl groups excluding tert-OH is 1. The van der Waals surface area contributed by atoms with E-state index in [9.17, 15) is 5.11 Å². The van der Waals surface area contributed by atoms with Gasteiger partial charge in [0.15, 0.2) is 0 Å². The quantitative estimate of drug-likeness (QED) is 0.306. The Morgan fingerprint density at radius 3 is 1.47 bits per heavy atom. The predicted octanol–water partition coefficient (Wildman–Crippen LogP) is 5.75. The van der Waals surface area contributed by atoms with Gasteiger partial charge in [0.05, 0.1) is 12.1 Å². The average Bonchev–Trinajstić information content (AvgIpc) is 2.90. The molecule has 3 heteroatoms. The first-order valence-corrected chi connectivity index (χ1v) is 12.0. The lowest BCUT2D eigenvalue weighted by Gasteiger charge is -2.35. The third kappa shape index (κ3) is 6.88. The second kappa shape index (κ2) is 12.3. The molecule has 0 radical (unpaired) electrons. The molecule has 3 atom stereocenters. The van der Waals surface area contributed by atoms with Gasteiger partial charge in [-0.1, -0.05) is 121 Å².